The highest BCUT2D eigenvalue weighted by molar-refractivity contribution is 9.11. The van der Waals surface area contributed by atoms with Gasteiger partial charge in [-0.05, 0) is 64.0 Å². The van der Waals surface area contributed by atoms with Gasteiger partial charge in [0.25, 0.3) is 11.8 Å². The van der Waals surface area contributed by atoms with Gasteiger partial charge in [-0.25, -0.2) is 9.69 Å². The summed E-state index contributed by atoms with van der Waals surface area (Å²) in [7, 11) is 1.51. The Balaban J connectivity index is 1.70. The van der Waals surface area contributed by atoms with Crippen LogP contribution in [0.4, 0.5) is 10.5 Å². The molecule has 172 valence electrons. The van der Waals surface area contributed by atoms with Crippen molar-refractivity contribution < 1.29 is 23.9 Å². The minimum atomic E-state index is -0.826. The molecular formula is C25H18Br2N2O5. The molecule has 0 radical (unpaired) electrons. The van der Waals surface area contributed by atoms with E-state index in [9.17, 15) is 14.4 Å². The zero-order chi connectivity index (χ0) is 24.2. The average Bonchev–Trinajstić information content (AvgIpc) is 2.82. The van der Waals surface area contributed by atoms with E-state index in [1.165, 1.54) is 13.2 Å². The van der Waals surface area contributed by atoms with Crippen LogP contribution in [0.15, 0.2) is 81.2 Å². The summed E-state index contributed by atoms with van der Waals surface area (Å²) in [5.41, 5.74) is 1.54. The SMILES string of the molecule is COc1ccc(N2C(=O)NC(=O)/C(=C\c3cc(Br)cc(Br)c3OCc3ccccc3)C2=O)cc1. The molecule has 1 aliphatic heterocycles. The molecule has 0 aliphatic carbocycles. The first kappa shape index (κ1) is 23.7. The van der Waals surface area contributed by atoms with Crippen molar-refractivity contribution in [2.75, 3.05) is 12.0 Å². The molecule has 3 aromatic rings. The number of methoxy groups -OCH3 is 1. The molecule has 1 fully saturated rings. The Labute approximate surface area is 212 Å². The van der Waals surface area contributed by atoms with Crippen LogP contribution in [0.5, 0.6) is 11.5 Å². The molecule has 7 nitrogen and oxygen atoms in total. The maximum atomic E-state index is 13.2. The number of rotatable bonds is 6. The number of anilines is 1. The van der Waals surface area contributed by atoms with Gasteiger partial charge in [0.05, 0.1) is 17.3 Å². The molecule has 4 rings (SSSR count). The van der Waals surface area contributed by atoms with Crippen molar-refractivity contribution in [2.24, 2.45) is 0 Å². The third-order valence-corrected chi connectivity index (χ3v) is 6.04. The minimum absolute atomic E-state index is 0.204. The monoisotopic (exact) mass is 584 g/mol. The third kappa shape index (κ3) is 5.05. The number of nitrogens with zero attached hydrogens (tertiary/aromatic N) is 1. The summed E-state index contributed by atoms with van der Waals surface area (Å²) in [5, 5.41) is 2.23. The fourth-order valence-corrected chi connectivity index (χ4v) is 4.72. The number of amides is 4. The molecule has 9 heteroatoms. The molecule has 3 aromatic carbocycles. The van der Waals surface area contributed by atoms with Crippen molar-refractivity contribution in [3.05, 3.63) is 92.4 Å². The average molecular weight is 586 g/mol. The van der Waals surface area contributed by atoms with Gasteiger partial charge >= 0.3 is 6.03 Å². The second-order valence-electron chi connectivity index (χ2n) is 7.24. The van der Waals surface area contributed by atoms with Crippen molar-refractivity contribution in [3.8, 4) is 11.5 Å². The van der Waals surface area contributed by atoms with Crippen LogP contribution in [-0.4, -0.2) is 25.0 Å². The zero-order valence-electron chi connectivity index (χ0n) is 17.9. The lowest BCUT2D eigenvalue weighted by Crippen LogP contribution is -2.54. The first-order valence-electron chi connectivity index (χ1n) is 10.1. The number of carbonyl (C=O) groups excluding carboxylic acids is 3. The lowest BCUT2D eigenvalue weighted by Gasteiger charge is -2.26. The highest BCUT2D eigenvalue weighted by atomic mass is 79.9. The summed E-state index contributed by atoms with van der Waals surface area (Å²) >= 11 is 6.93. The van der Waals surface area contributed by atoms with Gasteiger partial charge in [0.2, 0.25) is 0 Å². The number of nitrogens with one attached hydrogen (secondary N) is 1. The van der Waals surface area contributed by atoms with Crippen LogP contribution in [0.1, 0.15) is 11.1 Å². The van der Waals surface area contributed by atoms with Gasteiger partial charge in [0, 0.05) is 10.0 Å². The summed E-state index contributed by atoms with van der Waals surface area (Å²) in [6, 6.07) is 18.7. The summed E-state index contributed by atoms with van der Waals surface area (Å²) in [6.45, 7) is 0.286. The molecular weight excluding hydrogens is 568 g/mol. The van der Waals surface area contributed by atoms with Crippen LogP contribution < -0.4 is 19.7 Å². The maximum absolute atomic E-state index is 13.2. The standard InChI is InChI=1S/C25H18Br2N2O5/c1-33-19-9-7-18(8-10-19)29-24(31)20(23(30)28-25(29)32)12-16-11-17(26)13-21(27)22(16)34-14-15-5-3-2-4-6-15/h2-13H,14H2,1H3,(H,28,30,32)/b20-12+. The van der Waals surface area contributed by atoms with Crippen LogP contribution in [-0.2, 0) is 16.2 Å². The van der Waals surface area contributed by atoms with Gasteiger partial charge in [0.15, 0.2) is 0 Å². The lowest BCUT2D eigenvalue weighted by molar-refractivity contribution is -0.122. The lowest BCUT2D eigenvalue weighted by atomic mass is 10.1. The van der Waals surface area contributed by atoms with Gasteiger partial charge < -0.3 is 9.47 Å². The maximum Gasteiger partial charge on any atom is 0.335 e. The molecule has 1 saturated heterocycles. The van der Waals surface area contributed by atoms with Crippen molar-refractivity contribution in [3.63, 3.8) is 0 Å². The first-order valence-corrected chi connectivity index (χ1v) is 11.7. The predicted octanol–water partition coefficient (Wildman–Crippen LogP) is 5.47. The quantitative estimate of drug-likeness (QED) is 0.306. The number of imide groups is 2. The number of hydrogen-bond acceptors (Lipinski definition) is 5. The van der Waals surface area contributed by atoms with Crippen LogP contribution in [0.2, 0.25) is 0 Å². The highest BCUT2D eigenvalue weighted by Gasteiger charge is 2.37. The summed E-state index contributed by atoms with van der Waals surface area (Å²) in [5.74, 6) is -0.512. The summed E-state index contributed by atoms with van der Waals surface area (Å²) in [4.78, 5) is 39.3. The summed E-state index contributed by atoms with van der Waals surface area (Å²) < 4.78 is 12.5. The zero-order valence-corrected chi connectivity index (χ0v) is 21.1. The molecule has 34 heavy (non-hydrogen) atoms. The van der Waals surface area contributed by atoms with E-state index < -0.39 is 17.8 Å². The van der Waals surface area contributed by atoms with Crippen LogP contribution >= 0.6 is 31.9 Å². The number of benzene rings is 3. The number of ether oxygens (including phenoxy) is 2. The Morgan fingerprint density at radius 2 is 1.68 bits per heavy atom. The van der Waals surface area contributed by atoms with Crippen LogP contribution in [0.25, 0.3) is 6.08 Å². The van der Waals surface area contributed by atoms with Gasteiger partial charge in [0.1, 0.15) is 23.7 Å². The Morgan fingerprint density at radius 1 is 0.971 bits per heavy atom. The van der Waals surface area contributed by atoms with E-state index in [0.717, 1.165) is 10.5 Å². The highest BCUT2D eigenvalue weighted by Crippen LogP contribution is 2.35. The molecule has 0 saturated carbocycles. The van der Waals surface area contributed by atoms with Crippen LogP contribution in [0.3, 0.4) is 0 Å². The number of hydrogen-bond donors (Lipinski definition) is 1. The fraction of sp³-hybridized carbons (Fsp3) is 0.0800. The number of carbonyl (C=O) groups is 3. The van der Waals surface area contributed by atoms with Gasteiger partial charge in [-0.15, -0.1) is 0 Å². The van der Waals surface area contributed by atoms with Gasteiger partial charge in [-0.3, -0.25) is 14.9 Å². The Bertz CT molecular complexity index is 1290. The van der Waals surface area contributed by atoms with Crippen molar-refractivity contribution in [1.82, 2.24) is 5.32 Å². The topological polar surface area (TPSA) is 84.9 Å². The molecule has 0 atom stereocenters. The number of urea groups is 1. The van der Waals surface area contributed by atoms with Crippen LogP contribution in [0, 0.1) is 0 Å². The fourth-order valence-electron chi connectivity index (χ4n) is 3.35. The van der Waals surface area contributed by atoms with E-state index in [1.54, 1.807) is 36.4 Å². The summed E-state index contributed by atoms with van der Waals surface area (Å²) in [6.07, 6.45) is 1.41. The van der Waals surface area contributed by atoms with Gasteiger partial charge in [-0.1, -0.05) is 46.3 Å². The second kappa shape index (κ2) is 10.2. The van der Waals surface area contributed by atoms with E-state index in [2.05, 4.69) is 37.2 Å². The van der Waals surface area contributed by atoms with Gasteiger partial charge in [-0.2, -0.15) is 0 Å². The molecule has 1 N–H and O–H groups in total. The molecule has 4 amide bonds. The van der Waals surface area contributed by atoms with Crippen molar-refractivity contribution in [1.29, 1.82) is 0 Å². The van der Waals surface area contributed by atoms with E-state index in [1.807, 2.05) is 30.3 Å². The molecule has 0 bridgehead atoms. The third-order valence-electron chi connectivity index (χ3n) is 5.00. The second-order valence-corrected chi connectivity index (χ2v) is 9.01. The number of halogens is 2. The normalized spacial score (nSPS) is 14.9. The molecule has 0 aromatic heterocycles. The molecule has 1 aliphatic rings. The number of barbiturate groups is 1. The van der Waals surface area contributed by atoms with Crippen molar-refractivity contribution in [2.45, 2.75) is 6.61 Å². The van der Waals surface area contributed by atoms with E-state index in [0.29, 0.717) is 31.7 Å². The van der Waals surface area contributed by atoms with E-state index in [-0.39, 0.29) is 12.2 Å². The van der Waals surface area contributed by atoms with E-state index >= 15 is 0 Å². The molecule has 0 spiro atoms. The Kier molecular flexibility index (Phi) is 7.14. The smallest absolute Gasteiger partial charge is 0.335 e. The molecule has 0 unspecified atom stereocenters. The first-order chi connectivity index (χ1) is 16.4. The van der Waals surface area contributed by atoms with E-state index in [4.69, 9.17) is 9.47 Å². The molecule has 1 heterocycles. The predicted molar refractivity (Wildman–Crippen MR) is 135 cm³/mol. The minimum Gasteiger partial charge on any atom is -0.497 e. The Hall–Kier alpha value is -3.43. The Morgan fingerprint density at radius 3 is 2.35 bits per heavy atom. The largest absolute Gasteiger partial charge is 0.497 e. The van der Waals surface area contributed by atoms with Crippen molar-refractivity contribution >= 4 is 61.5 Å².